The summed E-state index contributed by atoms with van der Waals surface area (Å²) in [7, 11) is 0. The van der Waals surface area contributed by atoms with Crippen LogP contribution in [0, 0.1) is 12.7 Å². The minimum Gasteiger partial charge on any atom is -0.289 e. The van der Waals surface area contributed by atoms with Crippen LogP contribution in [0.4, 0.5) is 4.39 Å². The third-order valence-electron chi connectivity index (χ3n) is 3.28. The van der Waals surface area contributed by atoms with Crippen molar-refractivity contribution in [3.05, 3.63) is 70.5 Å². The van der Waals surface area contributed by atoms with Crippen LogP contribution in [0.25, 0.3) is 0 Å². The molecule has 0 saturated heterocycles. The van der Waals surface area contributed by atoms with Gasteiger partial charge in [-0.05, 0) is 41.7 Å². The molecule has 2 rings (SSSR count). The molecule has 104 valence electrons. The van der Waals surface area contributed by atoms with Crippen molar-refractivity contribution in [2.45, 2.75) is 33.1 Å². The molecule has 20 heavy (non-hydrogen) atoms. The number of benzene rings is 2. The predicted octanol–water partition coefficient (Wildman–Crippen LogP) is 4.66. The van der Waals surface area contributed by atoms with E-state index >= 15 is 0 Å². The standard InChI is InChI=1S/C18H19FO/c1-12-9-13(11-14(19)10-12)17(20)15-7-5-6-8-16(15)18(2,3)4/h5-11H,1-4H3. The van der Waals surface area contributed by atoms with Gasteiger partial charge >= 0.3 is 0 Å². The maximum Gasteiger partial charge on any atom is 0.193 e. The van der Waals surface area contributed by atoms with Crippen molar-refractivity contribution in [1.29, 1.82) is 0 Å². The Kier molecular flexibility index (Phi) is 3.76. The maximum atomic E-state index is 13.5. The van der Waals surface area contributed by atoms with Crippen molar-refractivity contribution in [2.75, 3.05) is 0 Å². The van der Waals surface area contributed by atoms with Crippen molar-refractivity contribution in [3.63, 3.8) is 0 Å². The van der Waals surface area contributed by atoms with E-state index in [9.17, 15) is 9.18 Å². The minimum atomic E-state index is -0.374. The van der Waals surface area contributed by atoms with Crippen LogP contribution in [-0.4, -0.2) is 5.78 Å². The lowest BCUT2D eigenvalue weighted by Crippen LogP contribution is -2.17. The van der Waals surface area contributed by atoms with Gasteiger partial charge in [0, 0.05) is 11.1 Å². The highest BCUT2D eigenvalue weighted by Crippen LogP contribution is 2.27. The summed E-state index contributed by atoms with van der Waals surface area (Å²) in [5.74, 6) is -0.500. The van der Waals surface area contributed by atoms with Gasteiger partial charge in [0.2, 0.25) is 0 Å². The van der Waals surface area contributed by atoms with Crippen LogP contribution in [0.3, 0.4) is 0 Å². The molecule has 0 saturated carbocycles. The van der Waals surface area contributed by atoms with E-state index < -0.39 is 0 Å². The lowest BCUT2D eigenvalue weighted by atomic mass is 9.82. The molecule has 0 bridgehead atoms. The first kappa shape index (κ1) is 14.4. The number of rotatable bonds is 2. The van der Waals surface area contributed by atoms with Gasteiger partial charge in [-0.2, -0.15) is 0 Å². The summed E-state index contributed by atoms with van der Waals surface area (Å²) in [4.78, 5) is 12.7. The molecule has 0 aliphatic rings. The number of hydrogen-bond acceptors (Lipinski definition) is 1. The van der Waals surface area contributed by atoms with Crippen molar-refractivity contribution in [1.82, 2.24) is 0 Å². The van der Waals surface area contributed by atoms with Crippen LogP contribution in [0.1, 0.15) is 47.8 Å². The molecule has 2 aromatic carbocycles. The molecule has 0 aromatic heterocycles. The van der Waals surface area contributed by atoms with E-state index in [2.05, 4.69) is 20.8 Å². The minimum absolute atomic E-state index is 0.127. The fraction of sp³-hybridized carbons (Fsp3) is 0.278. The number of halogens is 1. The van der Waals surface area contributed by atoms with E-state index in [-0.39, 0.29) is 17.0 Å². The maximum absolute atomic E-state index is 13.5. The third-order valence-corrected chi connectivity index (χ3v) is 3.28. The van der Waals surface area contributed by atoms with E-state index in [0.29, 0.717) is 11.1 Å². The second kappa shape index (κ2) is 5.20. The van der Waals surface area contributed by atoms with E-state index in [1.54, 1.807) is 13.0 Å². The molecule has 1 nitrogen and oxygen atoms in total. The monoisotopic (exact) mass is 270 g/mol. The molecule has 0 amide bonds. The summed E-state index contributed by atoms with van der Waals surface area (Å²) in [5, 5.41) is 0. The van der Waals surface area contributed by atoms with Crippen molar-refractivity contribution >= 4 is 5.78 Å². The van der Waals surface area contributed by atoms with Gasteiger partial charge in [-0.25, -0.2) is 4.39 Å². The summed E-state index contributed by atoms with van der Waals surface area (Å²) >= 11 is 0. The van der Waals surface area contributed by atoms with Crippen LogP contribution in [-0.2, 0) is 5.41 Å². The summed E-state index contributed by atoms with van der Waals surface area (Å²) in [5.41, 5.74) is 2.65. The number of carbonyl (C=O) groups excluding carboxylic acids is 1. The first-order valence-electron chi connectivity index (χ1n) is 6.70. The van der Waals surface area contributed by atoms with Crippen LogP contribution < -0.4 is 0 Å². The second-order valence-electron chi connectivity index (χ2n) is 6.14. The lowest BCUT2D eigenvalue weighted by Gasteiger charge is -2.22. The van der Waals surface area contributed by atoms with Crippen molar-refractivity contribution in [3.8, 4) is 0 Å². The predicted molar refractivity (Wildman–Crippen MR) is 79.7 cm³/mol. The zero-order chi connectivity index (χ0) is 14.9. The molecule has 0 fully saturated rings. The Morgan fingerprint density at radius 2 is 1.70 bits per heavy atom. The number of ketones is 1. The molecule has 0 aliphatic carbocycles. The van der Waals surface area contributed by atoms with Gasteiger partial charge in [-0.3, -0.25) is 4.79 Å². The van der Waals surface area contributed by atoms with Gasteiger partial charge in [-0.1, -0.05) is 45.0 Å². The van der Waals surface area contributed by atoms with Crippen molar-refractivity contribution in [2.24, 2.45) is 0 Å². The quantitative estimate of drug-likeness (QED) is 0.725. The Balaban J connectivity index is 2.54. The lowest BCUT2D eigenvalue weighted by molar-refractivity contribution is 0.103. The molecule has 0 aliphatic heterocycles. The topological polar surface area (TPSA) is 17.1 Å². The Morgan fingerprint density at radius 3 is 2.30 bits per heavy atom. The fourth-order valence-corrected chi connectivity index (χ4v) is 2.36. The highest BCUT2D eigenvalue weighted by Gasteiger charge is 2.22. The molecule has 2 aromatic rings. The van der Waals surface area contributed by atoms with Gasteiger partial charge in [-0.15, -0.1) is 0 Å². The average Bonchev–Trinajstić information content (AvgIpc) is 2.35. The molecular formula is C18H19FO. The van der Waals surface area contributed by atoms with E-state index in [1.165, 1.54) is 12.1 Å². The first-order chi connectivity index (χ1) is 9.29. The zero-order valence-electron chi connectivity index (χ0n) is 12.3. The largest absolute Gasteiger partial charge is 0.289 e. The first-order valence-corrected chi connectivity index (χ1v) is 6.70. The van der Waals surface area contributed by atoms with Crippen LogP contribution >= 0.6 is 0 Å². The summed E-state index contributed by atoms with van der Waals surface area (Å²) in [6, 6.07) is 12.0. The van der Waals surface area contributed by atoms with Gasteiger partial charge in [0.15, 0.2) is 5.78 Å². The Hall–Kier alpha value is -1.96. The molecular weight excluding hydrogens is 251 g/mol. The number of carbonyl (C=O) groups is 1. The SMILES string of the molecule is Cc1cc(F)cc(C(=O)c2ccccc2C(C)(C)C)c1. The Bertz CT molecular complexity index is 630. The van der Waals surface area contributed by atoms with Gasteiger partial charge in [0.05, 0.1) is 0 Å². The van der Waals surface area contributed by atoms with Crippen LogP contribution in [0.15, 0.2) is 42.5 Å². The summed E-state index contributed by atoms with van der Waals surface area (Å²) in [6.07, 6.45) is 0. The molecule has 0 radical (unpaired) electrons. The summed E-state index contributed by atoms with van der Waals surface area (Å²) in [6.45, 7) is 7.98. The smallest absolute Gasteiger partial charge is 0.193 e. The zero-order valence-corrected chi connectivity index (χ0v) is 12.3. The third kappa shape index (κ3) is 2.96. The average molecular weight is 270 g/mol. The normalized spacial score (nSPS) is 11.4. The van der Waals surface area contributed by atoms with Gasteiger partial charge in [0.25, 0.3) is 0 Å². The van der Waals surface area contributed by atoms with Gasteiger partial charge < -0.3 is 0 Å². The second-order valence-corrected chi connectivity index (χ2v) is 6.14. The fourth-order valence-electron chi connectivity index (χ4n) is 2.36. The highest BCUT2D eigenvalue weighted by molar-refractivity contribution is 6.10. The molecule has 0 heterocycles. The molecule has 0 atom stereocenters. The summed E-state index contributed by atoms with van der Waals surface area (Å²) < 4.78 is 13.5. The van der Waals surface area contributed by atoms with E-state index in [4.69, 9.17) is 0 Å². The van der Waals surface area contributed by atoms with Gasteiger partial charge in [0.1, 0.15) is 5.82 Å². The number of hydrogen-bond donors (Lipinski definition) is 0. The molecule has 0 N–H and O–H groups in total. The molecule has 0 unspecified atom stereocenters. The Labute approximate surface area is 119 Å². The molecule has 2 heteroatoms. The van der Waals surface area contributed by atoms with E-state index in [0.717, 1.165) is 11.1 Å². The van der Waals surface area contributed by atoms with Crippen LogP contribution in [0.5, 0.6) is 0 Å². The molecule has 0 spiro atoms. The van der Waals surface area contributed by atoms with Crippen LogP contribution in [0.2, 0.25) is 0 Å². The van der Waals surface area contributed by atoms with Crippen molar-refractivity contribution < 1.29 is 9.18 Å². The number of aryl methyl sites for hydroxylation is 1. The highest BCUT2D eigenvalue weighted by atomic mass is 19.1. The Morgan fingerprint density at radius 1 is 1.05 bits per heavy atom. The van der Waals surface area contributed by atoms with E-state index in [1.807, 2.05) is 24.3 Å².